The summed E-state index contributed by atoms with van der Waals surface area (Å²) in [6, 6.07) is 5.57. The van der Waals surface area contributed by atoms with E-state index >= 15 is 0 Å². The van der Waals surface area contributed by atoms with Crippen LogP contribution in [0.3, 0.4) is 0 Å². The molecular weight excluding hydrogens is 210 g/mol. The minimum atomic E-state index is -0.0742. The molecule has 1 aromatic rings. The lowest BCUT2D eigenvalue weighted by Gasteiger charge is -2.24. The zero-order chi connectivity index (χ0) is 10.7. The first-order valence-corrected chi connectivity index (χ1v) is 5.74. The summed E-state index contributed by atoms with van der Waals surface area (Å²) >= 11 is 5.93. The maximum atomic E-state index is 9.98. The molecular formula is C12H14ClNO. The van der Waals surface area contributed by atoms with Crippen LogP contribution < -0.4 is 5.73 Å². The molecule has 3 rings (SSSR count). The van der Waals surface area contributed by atoms with Crippen LogP contribution in [0.5, 0.6) is 5.75 Å². The Balaban J connectivity index is 2.10. The highest BCUT2D eigenvalue weighted by molar-refractivity contribution is 6.32. The number of halogens is 1. The lowest BCUT2D eigenvalue weighted by atomic mass is 9.85. The molecule has 0 amide bonds. The van der Waals surface area contributed by atoms with Gasteiger partial charge in [-0.2, -0.15) is 0 Å². The molecule has 0 aromatic heterocycles. The van der Waals surface area contributed by atoms with Gasteiger partial charge in [0.2, 0.25) is 0 Å². The fourth-order valence-corrected chi connectivity index (χ4v) is 2.85. The summed E-state index contributed by atoms with van der Waals surface area (Å²) in [5.41, 5.74) is 7.18. The van der Waals surface area contributed by atoms with Gasteiger partial charge in [-0.3, -0.25) is 0 Å². The largest absolute Gasteiger partial charge is 0.506 e. The molecule has 1 aromatic carbocycles. The van der Waals surface area contributed by atoms with E-state index < -0.39 is 0 Å². The van der Waals surface area contributed by atoms with Gasteiger partial charge in [-0.05, 0) is 31.7 Å². The first-order valence-electron chi connectivity index (χ1n) is 5.36. The van der Waals surface area contributed by atoms with Crippen LogP contribution in [-0.2, 0) is 5.41 Å². The summed E-state index contributed by atoms with van der Waals surface area (Å²) in [6.07, 6.45) is 4.30. The Kier molecular flexibility index (Phi) is 1.70. The molecule has 2 aliphatic carbocycles. The molecule has 15 heavy (non-hydrogen) atoms. The molecule has 0 unspecified atom stereocenters. The summed E-state index contributed by atoms with van der Waals surface area (Å²) < 4.78 is 0. The fourth-order valence-electron chi connectivity index (χ4n) is 2.68. The van der Waals surface area contributed by atoms with Gasteiger partial charge in [0.05, 0.1) is 5.02 Å². The predicted molar refractivity (Wildman–Crippen MR) is 60.2 cm³/mol. The number of nitrogens with two attached hydrogens (primary N) is 1. The maximum Gasteiger partial charge on any atom is 0.137 e. The van der Waals surface area contributed by atoms with Crippen LogP contribution in [0, 0.1) is 0 Å². The topological polar surface area (TPSA) is 46.2 Å². The second-order valence-electron chi connectivity index (χ2n) is 4.87. The van der Waals surface area contributed by atoms with Gasteiger partial charge in [0.25, 0.3) is 0 Å². The van der Waals surface area contributed by atoms with Crippen LogP contribution in [0.15, 0.2) is 18.2 Å². The van der Waals surface area contributed by atoms with E-state index in [1.165, 1.54) is 0 Å². The lowest BCUT2D eigenvalue weighted by molar-refractivity contribution is 0.434. The molecule has 2 nitrogen and oxygen atoms in total. The van der Waals surface area contributed by atoms with Gasteiger partial charge in [0.15, 0.2) is 0 Å². The van der Waals surface area contributed by atoms with E-state index in [2.05, 4.69) is 0 Å². The minimum Gasteiger partial charge on any atom is -0.506 e. The van der Waals surface area contributed by atoms with E-state index in [4.69, 9.17) is 17.3 Å². The van der Waals surface area contributed by atoms with Crippen LogP contribution in [0.4, 0.5) is 0 Å². The molecule has 0 aliphatic heterocycles. The molecule has 0 bridgehead atoms. The summed E-state index contributed by atoms with van der Waals surface area (Å²) in [6.45, 7) is 0. The van der Waals surface area contributed by atoms with E-state index in [0.717, 1.165) is 31.2 Å². The Morgan fingerprint density at radius 3 is 2.40 bits per heavy atom. The average Bonchev–Trinajstić information content (AvgIpc) is 3.06. The molecule has 0 heterocycles. The van der Waals surface area contributed by atoms with Crippen molar-refractivity contribution in [1.29, 1.82) is 0 Å². The second-order valence-corrected chi connectivity index (χ2v) is 5.28. The van der Waals surface area contributed by atoms with E-state index in [1.54, 1.807) is 6.07 Å². The summed E-state index contributed by atoms with van der Waals surface area (Å²) in [7, 11) is 0. The SMILES string of the molecule is NC1(C2(c3cccc(Cl)c3O)CC2)CC1. The zero-order valence-corrected chi connectivity index (χ0v) is 9.22. The maximum absolute atomic E-state index is 9.98. The monoisotopic (exact) mass is 223 g/mol. The molecule has 0 atom stereocenters. The van der Waals surface area contributed by atoms with Crippen LogP contribution in [0.1, 0.15) is 31.2 Å². The number of para-hydroxylation sites is 1. The number of phenolic OH excluding ortho intramolecular Hbond substituents is 1. The highest BCUT2D eigenvalue weighted by atomic mass is 35.5. The van der Waals surface area contributed by atoms with Gasteiger partial charge in [-0.25, -0.2) is 0 Å². The van der Waals surface area contributed by atoms with Gasteiger partial charge in [-0.1, -0.05) is 23.7 Å². The molecule has 0 saturated heterocycles. The quantitative estimate of drug-likeness (QED) is 0.810. The average molecular weight is 224 g/mol. The van der Waals surface area contributed by atoms with Crippen molar-refractivity contribution < 1.29 is 5.11 Å². The molecule has 3 N–H and O–H groups in total. The molecule has 2 fully saturated rings. The first-order chi connectivity index (χ1) is 7.09. The normalized spacial score (nSPS) is 24.9. The highest BCUT2D eigenvalue weighted by Crippen LogP contribution is 2.65. The Labute approximate surface area is 94.0 Å². The third-order valence-electron chi connectivity index (χ3n) is 3.99. The van der Waals surface area contributed by atoms with Gasteiger partial charge < -0.3 is 10.8 Å². The van der Waals surface area contributed by atoms with Crippen LogP contribution in [0.25, 0.3) is 0 Å². The molecule has 0 radical (unpaired) electrons. The number of aromatic hydroxyl groups is 1. The minimum absolute atomic E-state index is 0.0159. The van der Waals surface area contributed by atoms with Crippen LogP contribution in [0.2, 0.25) is 5.02 Å². The standard InChI is InChI=1S/C12H14ClNO/c13-9-3-1-2-8(10(9)15)11(4-5-11)12(14)6-7-12/h1-3,15H,4-7,14H2. The molecule has 2 saturated carbocycles. The predicted octanol–water partition coefficient (Wildman–Crippen LogP) is 2.57. The van der Waals surface area contributed by atoms with Gasteiger partial charge >= 0.3 is 0 Å². The van der Waals surface area contributed by atoms with Gasteiger partial charge in [0, 0.05) is 16.5 Å². The molecule has 0 spiro atoms. The van der Waals surface area contributed by atoms with Crippen molar-refractivity contribution in [3.05, 3.63) is 28.8 Å². The molecule has 3 heteroatoms. The number of hydrogen-bond donors (Lipinski definition) is 2. The summed E-state index contributed by atoms with van der Waals surface area (Å²) in [5.74, 6) is 0.230. The molecule has 2 aliphatic rings. The Bertz CT molecular complexity index is 422. The van der Waals surface area contributed by atoms with Crippen molar-refractivity contribution in [2.45, 2.75) is 36.6 Å². The van der Waals surface area contributed by atoms with Crippen LogP contribution in [-0.4, -0.2) is 10.6 Å². The van der Waals surface area contributed by atoms with Gasteiger partial charge in [-0.15, -0.1) is 0 Å². The van der Waals surface area contributed by atoms with Gasteiger partial charge in [0.1, 0.15) is 5.75 Å². The fraction of sp³-hybridized carbons (Fsp3) is 0.500. The smallest absolute Gasteiger partial charge is 0.137 e. The van der Waals surface area contributed by atoms with Crippen molar-refractivity contribution in [2.24, 2.45) is 5.73 Å². The second kappa shape index (κ2) is 2.69. The van der Waals surface area contributed by atoms with Crippen molar-refractivity contribution in [1.82, 2.24) is 0 Å². The third kappa shape index (κ3) is 1.15. The summed E-state index contributed by atoms with van der Waals surface area (Å²) in [4.78, 5) is 0. The molecule has 80 valence electrons. The van der Waals surface area contributed by atoms with Crippen molar-refractivity contribution in [3.63, 3.8) is 0 Å². The highest BCUT2D eigenvalue weighted by Gasteiger charge is 2.64. The number of phenols is 1. The van der Waals surface area contributed by atoms with Crippen LogP contribution >= 0.6 is 11.6 Å². The summed E-state index contributed by atoms with van der Waals surface area (Å²) in [5, 5.41) is 10.4. The van der Waals surface area contributed by atoms with E-state index in [-0.39, 0.29) is 16.7 Å². The number of rotatable bonds is 2. The number of hydrogen-bond acceptors (Lipinski definition) is 2. The number of benzene rings is 1. The van der Waals surface area contributed by atoms with E-state index in [1.807, 2.05) is 12.1 Å². The van der Waals surface area contributed by atoms with Crippen molar-refractivity contribution in [3.8, 4) is 5.75 Å². The third-order valence-corrected chi connectivity index (χ3v) is 4.30. The van der Waals surface area contributed by atoms with E-state index in [9.17, 15) is 5.11 Å². The van der Waals surface area contributed by atoms with Crippen molar-refractivity contribution >= 4 is 11.6 Å². The zero-order valence-electron chi connectivity index (χ0n) is 8.46. The van der Waals surface area contributed by atoms with Crippen molar-refractivity contribution in [2.75, 3.05) is 0 Å². The Morgan fingerprint density at radius 2 is 1.87 bits per heavy atom. The Hall–Kier alpha value is -0.730. The van der Waals surface area contributed by atoms with E-state index in [0.29, 0.717) is 5.02 Å². The first kappa shape index (κ1) is 9.49. The Morgan fingerprint density at radius 1 is 1.20 bits per heavy atom. The lowest BCUT2D eigenvalue weighted by Crippen LogP contribution is -2.37.